The zero-order valence-corrected chi connectivity index (χ0v) is 22.2. The van der Waals surface area contributed by atoms with Gasteiger partial charge in [-0.3, -0.25) is 9.59 Å². The number of rotatable bonds is 12. The van der Waals surface area contributed by atoms with E-state index in [1.807, 2.05) is 6.92 Å². The van der Waals surface area contributed by atoms with Gasteiger partial charge in [-0.1, -0.05) is 78.9 Å². The Balaban J connectivity index is 2.18. The van der Waals surface area contributed by atoms with Crippen molar-refractivity contribution in [1.82, 2.24) is 10.2 Å². The van der Waals surface area contributed by atoms with E-state index in [0.717, 1.165) is 18.6 Å². The van der Waals surface area contributed by atoms with Gasteiger partial charge in [0, 0.05) is 34.5 Å². The van der Waals surface area contributed by atoms with Crippen LogP contribution in [0.15, 0.2) is 36.4 Å². The summed E-state index contributed by atoms with van der Waals surface area (Å²) < 4.78 is 0. The van der Waals surface area contributed by atoms with Crippen molar-refractivity contribution in [2.45, 2.75) is 65.3 Å². The van der Waals surface area contributed by atoms with Crippen molar-refractivity contribution in [3.63, 3.8) is 0 Å². The van der Waals surface area contributed by atoms with Crippen LogP contribution in [0.5, 0.6) is 0 Å². The van der Waals surface area contributed by atoms with Gasteiger partial charge in [-0.25, -0.2) is 0 Å². The second-order valence-corrected chi connectivity index (χ2v) is 10.1. The van der Waals surface area contributed by atoms with Crippen LogP contribution in [0.4, 0.5) is 0 Å². The number of nitrogens with one attached hydrogen (secondary N) is 1. The van der Waals surface area contributed by atoms with Crippen LogP contribution in [0, 0.1) is 13.8 Å². The maximum atomic E-state index is 13.4. The summed E-state index contributed by atoms with van der Waals surface area (Å²) in [4.78, 5) is 27.9. The second-order valence-electron chi connectivity index (χ2n) is 8.28. The van der Waals surface area contributed by atoms with E-state index in [0.29, 0.717) is 28.6 Å². The Hall–Kier alpha value is -1.69. The quantitative estimate of drug-likeness (QED) is 0.330. The summed E-state index contributed by atoms with van der Waals surface area (Å²) in [5.41, 5.74) is 4.27. The second kappa shape index (κ2) is 13.9. The molecule has 0 heterocycles. The molecule has 1 atom stereocenters. The summed E-state index contributed by atoms with van der Waals surface area (Å²) in [7, 11) is 0. The predicted octanol–water partition coefficient (Wildman–Crippen LogP) is 6.57. The molecule has 0 saturated carbocycles. The Labute approximate surface area is 212 Å². The Morgan fingerprint density at radius 3 is 2.27 bits per heavy atom. The first-order valence-electron chi connectivity index (χ1n) is 11.4. The number of unbranched alkanes of at least 4 members (excludes halogenated alkanes) is 1. The highest BCUT2D eigenvalue weighted by Gasteiger charge is 2.29. The van der Waals surface area contributed by atoms with Crippen LogP contribution in [0.25, 0.3) is 0 Å². The summed E-state index contributed by atoms with van der Waals surface area (Å²) in [6.45, 7) is 8.94. The molecule has 4 nitrogen and oxygen atoms in total. The minimum Gasteiger partial charge on any atom is -0.354 e. The van der Waals surface area contributed by atoms with Crippen molar-refractivity contribution in [3.05, 3.63) is 68.7 Å². The monoisotopic (exact) mass is 508 g/mol. The molecule has 0 saturated heterocycles. The summed E-state index contributed by atoms with van der Waals surface area (Å²) in [5.74, 6) is 0.766. The van der Waals surface area contributed by atoms with Gasteiger partial charge in [-0.15, -0.1) is 11.8 Å². The summed E-state index contributed by atoms with van der Waals surface area (Å²) in [6.07, 6.45) is 2.40. The van der Waals surface area contributed by atoms with E-state index < -0.39 is 6.04 Å². The molecule has 0 spiro atoms. The molecule has 2 amide bonds. The smallest absolute Gasteiger partial charge is 0.242 e. The zero-order chi connectivity index (χ0) is 24.4. The van der Waals surface area contributed by atoms with Crippen molar-refractivity contribution in [1.29, 1.82) is 0 Å². The van der Waals surface area contributed by atoms with Crippen molar-refractivity contribution < 1.29 is 9.59 Å². The lowest BCUT2D eigenvalue weighted by molar-refractivity contribution is -0.139. The fraction of sp³-hybridized carbons (Fsp3) is 0.462. The van der Waals surface area contributed by atoms with Crippen LogP contribution in [-0.4, -0.2) is 35.1 Å². The zero-order valence-electron chi connectivity index (χ0n) is 19.9. The SMILES string of the molecule is CCCCNC(=O)C(CC)N(Cc1c(Cl)cccc1Cl)C(=O)CSCc1cc(C)cc(C)c1. The molecule has 2 aromatic rings. The number of aryl methyl sites for hydroxylation is 2. The normalized spacial score (nSPS) is 11.8. The lowest BCUT2D eigenvalue weighted by Gasteiger charge is -2.31. The Morgan fingerprint density at radius 1 is 1.06 bits per heavy atom. The number of benzene rings is 2. The predicted molar refractivity (Wildman–Crippen MR) is 141 cm³/mol. The van der Waals surface area contributed by atoms with Gasteiger partial charge in [0.1, 0.15) is 6.04 Å². The topological polar surface area (TPSA) is 49.4 Å². The van der Waals surface area contributed by atoms with Gasteiger partial charge in [0.25, 0.3) is 0 Å². The molecule has 33 heavy (non-hydrogen) atoms. The molecule has 2 rings (SSSR count). The van der Waals surface area contributed by atoms with Crippen molar-refractivity contribution >= 4 is 46.8 Å². The standard InChI is InChI=1S/C26H34Cl2N2O2S/c1-5-7-11-29-26(32)24(6-2)30(15-21-22(27)9-8-10-23(21)28)25(31)17-33-16-20-13-18(3)12-19(4)14-20/h8-10,12-14,24H,5-7,11,15-17H2,1-4H3,(H,29,32). The molecular weight excluding hydrogens is 475 g/mol. The van der Waals surface area contributed by atoms with Gasteiger partial charge in [-0.05, 0) is 44.4 Å². The number of carbonyl (C=O) groups is 2. The maximum absolute atomic E-state index is 13.4. The third kappa shape index (κ3) is 8.55. The Kier molecular flexibility index (Phi) is 11.6. The summed E-state index contributed by atoms with van der Waals surface area (Å²) >= 11 is 14.3. The Morgan fingerprint density at radius 2 is 1.70 bits per heavy atom. The van der Waals surface area contributed by atoms with Gasteiger partial charge < -0.3 is 10.2 Å². The van der Waals surface area contributed by atoms with Gasteiger partial charge in [0.15, 0.2) is 0 Å². The number of hydrogen-bond donors (Lipinski definition) is 1. The molecular formula is C26H34Cl2N2O2S. The number of nitrogens with zero attached hydrogens (tertiary/aromatic N) is 1. The highest BCUT2D eigenvalue weighted by atomic mass is 35.5. The summed E-state index contributed by atoms with van der Waals surface area (Å²) in [5, 5.41) is 3.95. The molecule has 0 aliphatic carbocycles. The van der Waals surface area contributed by atoms with Crippen LogP contribution in [-0.2, 0) is 21.9 Å². The van der Waals surface area contributed by atoms with Gasteiger partial charge in [-0.2, -0.15) is 0 Å². The van der Waals surface area contributed by atoms with E-state index in [9.17, 15) is 9.59 Å². The fourth-order valence-electron chi connectivity index (χ4n) is 3.77. The first kappa shape index (κ1) is 27.6. The third-order valence-corrected chi connectivity index (χ3v) is 7.08. The minimum absolute atomic E-state index is 0.0992. The van der Waals surface area contributed by atoms with E-state index in [1.54, 1.807) is 34.9 Å². The first-order chi connectivity index (χ1) is 15.8. The largest absolute Gasteiger partial charge is 0.354 e. The molecule has 0 bridgehead atoms. The molecule has 1 N–H and O–H groups in total. The van der Waals surface area contributed by atoms with Crippen LogP contribution in [0.3, 0.4) is 0 Å². The highest BCUT2D eigenvalue weighted by molar-refractivity contribution is 7.99. The van der Waals surface area contributed by atoms with E-state index in [-0.39, 0.29) is 24.1 Å². The van der Waals surface area contributed by atoms with E-state index in [1.165, 1.54) is 16.7 Å². The van der Waals surface area contributed by atoms with Crippen LogP contribution >= 0.6 is 35.0 Å². The third-order valence-electron chi connectivity index (χ3n) is 5.38. The lowest BCUT2D eigenvalue weighted by Crippen LogP contribution is -2.49. The van der Waals surface area contributed by atoms with E-state index in [4.69, 9.17) is 23.2 Å². The number of halogens is 2. The Bertz CT molecular complexity index is 911. The van der Waals surface area contributed by atoms with Crippen molar-refractivity contribution in [3.8, 4) is 0 Å². The number of thioether (sulfide) groups is 1. The van der Waals surface area contributed by atoms with Crippen molar-refractivity contribution in [2.24, 2.45) is 0 Å². The maximum Gasteiger partial charge on any atom is 0.242 e. The number of carbonyl (C=O) groups excluding carboxylic acids is 2. The molecule has 1 unspecified atom stereocenters. The highest BCUT2D eigenvalue weighted by Crippen LogP contribution is 2.27. The molecule has 7 heteroatoms. The molecule has 0 aliphatic heterocycles. The number of hydrogen-bond acceptors (Lipinski definition) is 3. The average molecular weight is 510 g/mol. The van der Waals surface area contributed by atoms with E-state index >= 15 is 0 Å². The van der Waals surface area contributed by atoms with Gasteiger partial charge in [0.2, 0.25) is 11.8 Å². The minimum atomic E-state index is -0.580. The fourth-order valence-corrected chi connectivity index (χ4v) is 5.13. The molecule has 2 aromatic carbocycles. The van der Waals surface area contributed by atoms with Crippen LogP contribution in [0.1, 0.15) is 55.4 Å². The lowest BCUT2D eigenvalue weighted by atomic mass is 10.1. The molecule has 0 aromatic heterocycles. The molecule has 0 fully saturated rings. The molecule has 0 radical (unpaired) electrons. The average Bonchev–Trinajstić information content (AvgIpc) is 2.75. The molecule has 0 aliphatic rings. The molecule has 180 valence electrons. The van der Waals surface area contributed by atoms with E-state index in [2.05, 4.69) is 44.3 Å². The number of amides is 2. The van der Waals surface area contributed by atoms with Gasteiger partial charge >= 0.3 is 0 Å². The summed E-state index contributed by atoms with van der Waals surface area (Å²) in [6, 6.07) is 11.1. The van der Waals surface area contributed by atoms with Crippen molar-refractivity contribution in [2.75, 3.05) is 12.3 Å². The van der Waals surface area contributed by atoms with Crippen LogP contribution < -0.4 is 5.32 Å². The van der Waals surface area contributed by atoms with Gasteiger partial charge in [0.05, 0.1) is 5.75 Å². The first-order valence-corrected chi connectivity index (χ1v) is 13.3. The van der Waals surface area contributed by atoms with Crippen LogP contribution in [0.2, 0.25) is 10.0 Å².